The van der Waals surface area contributed by atoms with E-state index in [1.165, 1.54) is 0 Å². The van der Waals surface area contributed by atoms with Gasteiger partial charge in [-0.1, -0.05) is 12.2 Å². The van der Waals surface area contributed by atoms with Crippen molar-refractivity contribution >= 4 is 5.78 Å². The molecule has 1 rings (SSSR count). The molecule has 1 aliphatic carbocycles. The van der Waals surface area contributed by atoms with Crippen LogP contribution in [0.2, 0.25) is 0 Å². The Morgan fingerprint density at radius 1 is 1.44 bits per heavy atom. The van der Waals surface area contributed by atoms with Gasteiger partial charge in [-0.05, 0) is 53.0 Å². The summed E-state index contributed by atoms with van der Waals surface area (Å²) in [5, 5.41) is 3.46. The van der Waals surface area contributed by atoms with Gasteiger partial charge in [0.15, 0.2) is 0 Å². The fourth-order valence-electron chi connectivity index (χ4n) is 2.14. The van der Waals surface area contributed by atoms with E-state index in [4.69, 9.17) is 0 Å². The third-order valence-corrected chi connectivity index (χ3v) is 3.11. The maximum Gasteiger partial charge on any atom is 0.139 e. The molecule has 1 N–H and O–H groups in total. The first-order chi connectivity index (χ1) is 7.38. The minimum atomic E-state index is 0.185. The molecule has 2 heteroatoms. The van der Waals surface area contributed by atoms with Crippen LogP contribution in [-0.2, 0) is 4.79 Å². The molecule has 0 amide bonds. The summed E-state index contributed by atoms with van der Waals surface area (Å²) in [6.07, 6.45) is 4.82. The predicted octanol–water partition coefficient (Wildman–Crippen LogP) is 3.08. The van der Waals surface area contributed by atoms with Crippen LogP contribution in [-0.4, -0.2) is 17.9 Å². The topological polar surface area (TPSA) is 29.1 Å². The summed E-state index contributed by atoms with van der Waals surface area (Å²) in [4.78, 5) is 11.7. The van der Waals surface area contributed by atoms with E-state index in [2.05, 4.69) is 32.7 Å². The molecule has 16 heavy (non-hydrogen) atoms. The van der Waals surface area contributed by atoms with Gasteiger partial charge < -0.3 is 5.32 Å². The van der Waals surface area contributed by atoms with Crippen molar-refractivity contribution in [2.45, 2.75) is 58.4 Å². The van der Waals surface area contributed by atoms with Gasteiger partial charge in [-0.25, -0.2) is 0 Å². The van der Waals surface area contributed by atoms with Gasteiger partial charge in [0.25, 0.3) is 0 Å². The second-order valence-electron chi connectivity index (χ2n) is 5.95. The number of Topliss-reactive ketones (excluding diaryl/α,β-unsaturated/α-hetero) is 1. The highest BCUT2D eigenvalue weighted by molar-refractivity contribution is 5.84. The Labute approximate surface area is 99.5 Å². The van der Waals surface area contributed by atoms with E-state index in [9.17, 15) is 4.79 Å². The monoisotopic (exact) mass is 223 g/mol. The van der Waals surface area contributed by atoms with E-state index in [0.29, 0.717) is 18.1 Å². The predicted molar refractivity (Wildman–Crippen MR) is 68.5 cm³/mol. The van der Waals surface area contributed by atoms with Crippen LogP contribution in [0.15, 0.2) is 12.2 Å². The Kier molecular flexibility index (Phi) is 4.72. The smallest absolute Gasteiger partial charge is 0.139 e. The van der Waals surface area contributed by atoms with Crippen molar-refractivity contribution in [3.05, 3.63) is 12.2 Å². The summed E-state index contributed by atoms with van der Waals surface area (Å²) in [6, 6.07) is 0. The maximum absolute atomic E-state index is 11.7. The molecule has 1 aliphatic rings. The second-order valence-corrected chi connectivity index (χ2v) is 5.95. The van der Waals surface area contributed by atoms with Crippen LogP contribution < -0.4 is 5.32 Å². The van der Waals surface area contributed by atoms with Gasteiger partial charge in [0.2, 0.25) is 0 Å². The highest BCUT2D eigenvalue weighted by Crippen LogP contribution is 2.27. The molecule has 0 aromatic carbocycles. The summed E-state index contributed by atoms with van der Waals surface area (Å²) in [6.45, 7) is 11.4. The Morgan fingerprint density at radius 3 is 2.69 bits per heavy atom. The summed E-state index contributed by atoms with van der Waals surface area (Å²) < 4.78 is 0. The molecule has 0 spiro atoms. The molecule has 1 unspecified atom stereocenters. The molecule has 0 radical (unpaired) electrons. The molecule has 1 atom stereocenters. The maximum atomic E-state index is 11.7. The van der Waals surface area contributed by atoms with Crippen molar-refractivity contribution in [2.75, 3.05) is 6.54 Å². The highest BCUT2D eigenvalue weighted by Gasteiger charge is 2.23. The largest absolute Gasteiger partial charge is 0.312 e. The number of nitrogens with one attached hydrogen (secondary N) is 1. The van der Waals surface area contributed by atoms with Gasteiger partial charge in [0.1, 0.15) is 5.78 Å². The fourth-order valence-corrected chi connectivity index (χ4v) is 2.14. The van der Waals surface area contributed by atoms with Crippen molar-refractivity contribution in [3.8, 4) is 0 Å². The second kappa shape index (κ2) is 5.62. The van der Waals surface area contributed by atoms with Crippen LogP contribution in [0.4, 0.5) is 0 Å². The summed E-state index contributed by atoms with van der Waals surface area (Å²) >= 11 is 0. The highest BCUT2D eigenvalue weighted by atomic mass is 16.1. The Morgan fingerprint density at radius 2 is 2.12 bits per heavy atom. The first-order valence-corrected chi connectivity index (χ1v) is 6.33. The fraction of sp³-hybridized carbons (Fsp3) is 0.786. The number of hydrogen-bond donors (Lipinski definition) is 1. The standard InChI is InChI=1S/C14H25NO/c1-11-7-8-12(13(16)10-11)6-5-9-15-14(2,3)4/h12,15H,1,5-10H2,2-4H3. The van der Waals surface area contributed by atoms with Crippen LogP contribution in [0.25, 0.3) is 0 Å². The van der Waals surface area contributed by atoms with E-state index in [0.717, 1.165) is 37.8 Å². The zero-order valence-electron chi connectivity index (χ0n) is 10.9. The summed E-state index contributed by atoms with van der Waals surface area (Å²) in [7, 11) is 0. The number of rotatable bonds is 4. The van der Waals surface area contributed by atoms with Crippen molar-refractivity contribution in [1.82, 2.24) is 5.32 Å². The van der Waals surface area contributed by atoms with Gasteiger partial charge in [-0.3, -0.25) is 4.79 Å². The van der Waals surface area contributed by atoms with Crippen molar-refractivity contribution in [3.63, 3.8) is 0 Å². The zero-order valence-corrected chi connectivity index (χ0v) is 10.9. The van der Waals surface area contributed by atoms with Crippen LogP contribution in [0.3, 0.4) is 0 Å². The lowest BCUT2D eigenvalue weighted by atomic mass is 9.83. The molecule has 2 nitrogen and oxygen atoms in total. The van der Waals surface area contributed by atoms with Crippen molar-refractivity contribution in [1.29, 1.82) is 0 Å². The lowest BCUT2D eigenvalue weighted by Gasteiger charge is -2.24. The van der Waals surface area contributed by atoms with Crippen LogP contribution >= 0.6 is 0 Å². The van der Waals surface area contributed by atoms with Gasteiger partial charge in [0.05, 0.1) is 0 Å². The Balaban J connectivity index is 2.18. The van der Waals surface area contributed by atoms with E-state index in [1.54, 1.807) is 0 Å². The van der Waals surface area contributed by atoms with Gasteiger partial charge >= 0.3 is 0 Å². The molecule has 0 aromatic rings. The van der Waals surface area contributed by atoms with E-state index >= 15 is 0 Å². The van der Waals surface area contributed by atoms with E-state index < -0.39 is 0 Å². The molecule has 1 saturated carbocycles. The number of carbonyl (C=O) groups excluding carboxylic acids is 1. The average molecular weight is 223 g/mol. The van der Waals surface area contributed by atoms with Crippen molar-refractivity contribution in [2.24, 2.45) is 5.92 Å². The minimum Gasteiger partial charge on any atom is -0.312 e. The number of hydrogen-bond acceptors (Lipinski definition) is 2. The zero-order chi connectivity index (χ0) is 12.2. The Hall–Kier alpha value is -0.630. The first kappa shape index (κ1) is 13.4. The third-order valence-electron chi connectivity index (χ3n) is 3.11. The summed E-state index contributed by atoms with van der Waals surface area (Å²) in [5.41, 5.74) is 1.30. The van der Waals surface area contributed by atoms with Crippen LogP contribution in [0.1, 0.15) is 52.9 Å². The molecule has 0 aromatic heterocycles. The quantitative estimate of drug-likeness (QED) is 0.586. The first-order valence-electron chi connectivity index (χ1n) is 6.33. The molecule has 0 heterocycles. The third kappa shape index (κ3) is 4.93. The van der Waals surface area contributed by atoms with Gasteiger partial charge in [-0.2, -0.15) is 0 Å². The number of ketones is 1. The van der Waals surface area contributed by atoms with Gasteiger partial charge in [-0.15, -0.1) is 0 Å². The molecular formula is C14H25NO. The SMILES string of the molecule is C=C1CCC(CCCNC(C)(C)C)C(=O)C1. The lowest BCUT2D eigenvalue weighted by Crippen LogP contribution is -2.36. The molecule has 1 fully saturated rings. The lowest BCUT2D eigenvalue weighted by molar-refractivity contribution is -0.123. The summed E-state index contributed by atoms with van der Waals surface area (Å²) in [5.74, 6) is 0.708. The molecule has 0 aliphatic heterocycles. The molecule has 92 valence electrons. The molecular weight excluding hydrogens is 198 g/mol. The Bertz CT molecular complexity index is 262. The van der Waals surface area contributed by atoms with Crippen LogP contribution in [0.5, 0.6) is 0 Å². The molecule has 0 saturated heterocycles. The van der Waals surface area contributed by atoms with E-state index in [1.807, 2.05) is 0 Å². The molecule has 0 bridgehead atoms. The van der Waals surface area contributed by atoms with Crippen molar-refractivity contribution < 1.29 is 4.79 Å². The average Bonchev–Trinajstić information content (AvgIpc) is 2.13. The number of allylic oxidation sites excluding steroid dienone is 1. The normalized spacial score (nSPS) is 22.6. The minimum absolute atomic E-state index is 0.185. The van der Waals surface area contributed by atoms with E-state index in [-0.39, 0.29) is 5.54 Å². The van der Waals surface area contributed by atoms with Crippen LogP contribution in [0, 0.1) is 5.92 Å². The van der Waals surface area contributed by atoms with Gasteiger partial charge in [0, 0.05) is 17.9 Å². The number of carbonyl (C=O) groups is 1.